The lowest BCUT2D eigenvalue weighted by atomic mass is 9.82. The second kappa shape index (κ2) is 10.9. The van der Waals surface area contributed by atoms with Crippen LogP contribution in [0.15, 0.2) is 133 Å². The van der Waals surface area contributed by atoms with Crippen LogP contribution in [-0.4, -0.2) is 0 Å². The number of hydrogen-bond acceptors (Lipinski definition) is 1. The molecule has 8 rings (SSSR count). The molecule has 1 heteroatoms. The standard InChI is InChI=1S/C44H39N/c1-30-28-40-39-17-9-10-19-41(39)44(2,3)42(40)29-43(30)45(35-14-5-4-6-15-35)36-26-24-32(25-27-36)31-20-22-34(23-21-31)38-18-11-13-33-12-7-8-16-37(33)38/h4-6,9-11,13-15,17-29H,7-8,12,16H2,1-3H3. The van der Waals surface area contributed by atoms with Crippen molar-refractivity contribution in [2.75, 3.05) is 4.90 Å². The molecular weight excluding hydrogens is 542 g/mol. The molecule has 2 aliphatic carbocycles. The molecular formula is C44H39N. The molecule has 0 aromatic heterocycles. The fraction of sp³-hybridized carbons (Fsp3) is 0.182. The Balaban J connectivity index is 1.15. The van der Waals surface area contributed by atoms with E-state index in [1.165, 1.54) is 87.0 Å². The number of anilines is 3. The number of hydrogen-bond donors (Lipinski definition) is 0. The minimum Gasteiger partial charge on any atom is -0.310 e. The van der Waals surface area contributed by atoms with Gasteiger partial charge < -0.3 is 4.90 Å². The minimum absolute atomic E-state index is 0.0498. The molecule has 0 N–H and O–H groups in total. The van der Waals surface area contributed by atoms with Crippen LogP contribution >= 0.6 is 0 Å². The molecule has 1 nitrogen and oxygen atoms in total. The summed E-state index contributed by atoms with van der Waals surface area (Å²) < 4.78 is 0. The van der Waals surface area contributed by atoms with Gasteiger partial charge in [0, 0.05) is 22.5 Å². The van der Waals surface area contributed by atoms with Gasteiger partial charge in [-0.1, -0.05) is 111 Å². The molecule has 0 radical (unpaired) electrons. The van der Waals surface area contributed by atoms with Crippen molar-refractivity contribution in [3.63, 3.8) is 0 Å². The molecule has 220 valence electrons. The Hall–Kier alpha value is -4.88. The summed E-state index contributed by atoms with van der Waals surface area (Å²) in [5.74, 6) is 0. The molecule has 0 amide bonds. The maximum Gasteiger partial charge on any atom is 0.0494 e. The highest BCUT2D eigenvalue weighted by molar-refractivity contribution is 5.87. The van der Waals surface area contributed by atoms with Gasteiger partial charge in [0.15, 0.2) is 0 Å². The predicted molar refractivity (Wildman–Crippen MR) is 191 cm³/mol. The molecule has 0 fully saturated rings. The van der Waals surface area contributed by atoms with E-state index in [-0.39, 0.29) is 5.41 Å². The van der Waals surface area contributed by atoms with Crippen molar-refractivity contribution in [3.8, 4) is 33.4 Å². The Morgan fingerprint density at radius 3 is 1.91 bits per heavy atom. The van der Waals surface area contributed by atoms with Gasteiger partial charge in [0.2, 0.25) is 0 Å². The summed E-state index contributed by atoms with van der Waals surface area (Å²) in [7, 11) is 0. The van der Waals surface area contributed by atoms with Crippen molar-refractivity contribution in [2.45, 2.75) is 51.9 Å². The number of para-hydroxylation sites is 1. The average Bonchev–Trinajstić information content (AvgIpc) is 3.31. The molecule has 0 unspecified atom stereocenters. The maximum atomic E-state index is 2.44. The van der Waals surface area contributed by atoms with E-state index in [0.29, 0.717) is 0 Å². The van der Waals surface area contributed by atoms with Crippen molar-refractivity contribution in [2.24, 2.45) is 0 Å². The fourth-order valence-corrected chi connectivity index (χ4v) is 7.79. The molecule has 2 aliphatic rings. The lowest BCUT2D eigenvalue weighted by Crippen LogP contribution is -2.17. The third kappa shape index (κ3) is 4.70. The van der Waals surface area contributed by atoms with Gasteiger partial charge in [0.05, 0.1) is 0 Å². The van der Waals surface area contributed by atoms with Gasteiger partial charge in [-0.05, 0) is 130 Å². The second-order valence-corrected chi connectivity index (χ2v) is 13.3. The van der Waals surface area contributed by atoms with Crippen LogP contribution in [0.4, 0.5) is 17.1 Å². The quantitative estimate of drug-likeness (QED) is 0.196. The summed E-state index contributed by atoms with van der Waals surface area (Å²) in [5, 5.41) is 0. The smallest absolute Gasteiger partial charge is 0.0494 e. The maximum absolute atomic E-state index is 2.44. The summed E-state index contributed by atoms with van der Waals surface area (Å²) in [6.07, 6.45) is 5.01. The monoisotopic (exact) mass is 581 g/mol. The molecule has 0 aliphatic heterocycles. The van der Waals surface area contributed by atoms with Crippen LogP contribution in [-0.2, 0) is 18.3 Å². The fourth-order valence-electron chi connectivity index (χ4n) is 7.79. The second-order valence-electron chi connectivity index (χ2n) is 13.3. The van der Waals surface area contributed by atoms with Gasteiger partial charge in [-0.2, -0.15) is 0 Å². The van der Waals surface area contributed by atoms with E-state index in [2.05, 4.69) is 159 Å². The molecule has 45 heavy (non-hydrogen) atoms. The first-order valence-corrected chi connectivity index (χ1v) is 16.4. The van der Waals surface area contributed by atoms with Crippen molar-refractivity contribution in [1.82, 2.24) is 0 Å². The summed E-state index contributed by atoms with van der Waals surface area (Å²) in [6, 6.07) is 49.6. The summed E-state index contributed by atoms with van der Waals surface area (Å²) in [4.78, 5) is 2.42. The topological polar surface area (TPSA) is 3.24 Å². The highest BCUT2D eigenvalue weighted by Gasteiger charge is 2.36. The van der Waals surface area contributed by atoms with Crippen molar-refractivity contribution in [3.05, 3.63) is 161 Å². The van der Waals surface area contributed by atoms with Crippen molar-refractivity contribution >= 4 is 17.1 Å². The number of fused-ring (bicyclic) bond motifs is 4. The Morgan fingerprint density at radius 2 is 1.13 bits per heavy atom. The van der Waals surface area contributed by atoms with E-state index in [9.17, 15) is 0 Å². The van der Waals surface area contributed by atoms with Gasteiger partial charge in [0.1, 0.15) is 0 Å². The number of aryl methyl sites for hydroxylation is 2. The van der Waals surface area contributed by atoms with Gasteiger partial charge in [-0.25, -0.2) is 0 Å². The number of benzene rings is 6. The highest BCUT2D eigenvalue weighted by Crippen LogP contribution is 2.51. The van der Waals surface area contributed by atoms with Crippen LogP contribution in [0.3, 0.4) is 0 Å². The predicted octanol–water partition coefficient (Wildman–Crippen LogP) is 12.0. The first kappa shape index (κ1) is 27.7. The normalized spacial score (nSPS) is 14.4. The number of rotatable bonds is 5. The Kier molecular flexibility index (Phi) is 6.72. The van der Waals surface area contributed by atoms with Gasteiger partial charge >= 0.3 is 0 Å². The van der Waals surface area contributed by atoms with Crippen LogP contribution in [0.25, 0.3) is 33.4 Å². The zero-order valence-electron chi connectivity index (χ0n) is 26.5. The van der Waals surface area contributed by atoms with Crippen LogP contribution in [0.5, 0.6) is 0 Å². The van der Waals surface area contributed by atoms with Crippen LogP contribution in [0.1, 0.15) is 54.5 Å². The summed E-state index contributed by atoms with van der Waals surface area (Å²) in [6.45, 7) is 6.96. The summed E-state index contributed by atoms with van der Waals surface area (Å²) in [5.41, 5.74) is 18.6. The van der Waals surface area contributed by atoms with Gasteiger partial charge in [-0.3, -0.25) is 0 Å². The largest absolute Gasteiger partial charge is 0.310 e. The van der Waals surface area contributed by atoms with E-state index in [1.54, 1.807) is 5.56 Å². The van der Waals surface area contributed by atoms with Gasteiger partial charge in [0.25, 0.3) is 0 Å². The van der Waals surface area contributed by atoms with Crippen LogP contribution < -0.4 is 4.90 Å². The minimum atomic E-state index is -0.0498. The van der Waals surface area contributed by atoms with E-state index >= 15 is 0 Å². The molecule has 0 atom stereocenters. The molecule has 0 spiro atoms. The zero-order chi connectivity index (χ0) is 30.5. The van der Waals surface area contributed by atoms with Gasteiger partial charge in [-0.15, -0.1) is 0 Å². The SMILES string of the molecule is Cc1cc2c(cc1N(c1ccccc1)c1ccc(-c3ccc(-c4cccc5c4CCCC5)cc3)cc1)C(C)(C)c1ccccc1-2. The lowest BCUT2D eigenvalue weighted by Gasteiger charge is -2.29. The molecule has 0 saturated heterocycles. The Labute approximate surface area is 267 Å². The van der Waals surface area contributed by atoms with Crippen LogP contribution in [0.2, 0.25) is 0 Å². The zero-order valence-corrected chi connectivity index (χ0v) is 26.5. The first-order chi connectivity index (χ1) is 22.0. The lowest BCUT2D eigenvalue weighted by molar-refractivity contribution is 0.660. The molecule has 0 saturated carbocycles. The van der Waals surface area contributed by atoms with E-state index < -0.39 is 0 Å². The van der Waals surface area contributed by atoms with E-state index in [4.69, 9.17) is 0 Å². The Bertz CT molecular complexity index is 2010. The third-order valence-electron chi connectivity index (χ3n) is 10.2. The number of nitrogens with zero attached hydrogens (tertiary/aromatic N) is 1. The van der Waals surface area contributed by atoms with Crippen molar-refractivity contribution < 1.29 is 0 Å². The third-order valence-corrected chi connectivity index (χ3v) is 10.2. The Morgan fingerprint density at radius 1 is 0.511 bits per heavy atom. The van der Waals surface area contributed by atoms with E-state index in [0.717, 1.165) is 11.4 Å². The first-order valence-electron chi connectivity index (χ1n) is 16.4. The highest BCUT2D eigenvalue weighted by atomic mass is 15.1. The summed E-state index contributed by atoms with van der Waals surface area (Å²) >= 11 is 0. The molecule has 6 aromatic carbocycles. The van der Waals surface area contributed by atoms with Crippen molar-refractivity contribution in [1.29, 1.82) is 0 Å². The molecule has 0 bridgehead atoms. The average molecular weight is 582 g/mol. The molecule has 6 aromatic rings. The molecule has 0 heterocycles. The van der Waals surface area contributed by atoms with Crippen LogP contribution in [0, 0.1) is 6.92 Å². The van der Waals surface area contributed by atoms with E-state index in [1.807, 2.05) is 0 Å².